The quantitative estimate of drug-likeness (QED) is 0.915. The molecule has 0 unspecified atom stereocenters. The van der Waals surface area contributed by atoms with Gasteiger partial charge in [0.15, 0.2) is 0 Å². The van der Waals surface area contributed by atoms with Crippen molar-refractivity contribution in [1.29, 1.82) is 0 Å². The lowest BCUT2D eigenvalue weighted by atomic mass is 10.00. The van der Waals surface area contributed by atoms with Gasteiger partial charge < -0.3 is 14.8 Å². The molecule has 0 saturated carbocycles. The van der Waals surface area contributed by atoms with Gasteiger partial charge in [0.1, 0.15) is 11.9 Å². The van der Waals surface area contributed by atoms with Gasteiger partial charge in [0.25, 0.3) is 0 Å². The zero-order valence-corrected chi connectivity index (χ0v) is 13.0. The fourth-order valence-electron chi connectivity index (χ4n) is 2.88. The van der Waals surface area contributed by atoms with E-state index in [1.807, 2.05) is 18.2 Å². The topological polar surface area (TPSA) is 30.5 Å². The molecular weight excluding hydrogens is 274 g/mol. The Bertz CT molecular complexity index is 562. The molecule has 1 saturated heterocycles. The Labute approximate surface area is 132 Å². The van der Waals surface area contributed by atoms with Gasteiger partial charge >= 0.3 is 0 Å². The number of hydrogen-bond acceptors (Lipinski definition) is 3. The third kappa shape index (κ3) is 3.67. The molecule has 0 amide bonds. The monoisotopic (exact) mass is 297 g/mol. The summed E-state index contributed by atoms with van der Waals surface area (Å²) in [6, 6.07) is 18.6. The van der Waals surface area contributed by atoms with Crippen LogP contribution in [0.5, 0.6) is 5.75 Å². The van der Waals surface area contributed by atoms with Crippen LogP contribution >= 0.6 is 0 Å². The number of nitrogens with one attached hydrogen (secondary N) is 1. The van der Waals surface area contributed by atoms with Gasteiger partial charge in [0, 0.05) is 0 Å². The van der Waals surface area contributed by atoms with Crippen molar-refractivity contribution in [3.63, 3.8) is 0 Å². The number of methoxy groups -OCH3 is 1. The lowest BCUT2D eigenvalue weighted by Gasteiger charge is -2.28. The Balaban J connectivity index is 1.84. The summed E-state index contributed by atoms with van der Waals surface area (Å²) in [7, 11) is 1.69. The third-order valence-electron chi connectivity index (χ3n) is 4.14. The number of hydrogen-bond donors (Lipinski definition) is 1. The summed E-state index contributed by atoms with van der Waals surface area (Å²) in [5.41, 5.74) is 2.37. The Morgan fingerprint density at radius 3 is 2.18 bits per heavy atom. The van der Waals surface area contributed by atoms with Crippen molar-refractivity contribution < 1.29 is 9.47 Å². The fraction of sp³-hybridized carbons (Fsp3) is 0.368. The van der Waals surface area contributed by atoms with Crippen LogP contribution in [0.4, 0.5) is 0 Å². The Hall–Kier alpha value is -1.84. The summed E-state index contributed by atoms with van der Waals surface area (Å²) >= 11 is 0. The average Bonchev–Trinajstić information content (AvgIpc) is 2.61. The van der Waals surface area contributed by atoms with Crippen LogP contribution in [-0.2, 0) is 4.74 Å². The third-order valence-corrected chi connectivity index (χ3v) is 4.14. The maximum atomic E-state index is 6.46. The number of rotatable bonds is 5. The van der Waals surface area contributed by atoms with Gasteiger partial charge in [-0.2, -0.15) is 0 Å². The summed E-state index contributed by atoms with van der Waals surface area (Å²) in [6.45, 7) is 2.07. The van der Waals surface area contributed by atoms with Crippen LogP contribution in [0.3, 0.4) is 0 Å². The summed E-state index contributed by atoms with van der Waals surface area (Å²) in [6.07, 6.45) is 2.43. The highest BCUT2D eigenvalue weighted by molar-refractivity contribution is 5.34. The Morgan fingerprint density at radius 2 is 1.55 bits per heavy atom. The number of ether oxygens (including phenoxy) is 2. The standard InChI is InChI=1S/C19H23NO2/c1-21-17-9-7-16(8-10-17)19(15-5-3-2-4-6-15)22-18-11-13-20-14-12-18/h2-10,18-20H,11-14H2,1H3/t19-/m1/s1. The molecule has 0 bridgehead atoms. The molecule has 0 aromatic heterocycles. The number of piperidine rings is 1. The highest BCUT2D eigenvalue weighted by Gasteiger charge is 2.21. The van der Waals surface area contributed by atoms with E-state index in [-0.39, 0.29) is 6.10 Å². The maximum Gasteiger partial charge on any atom is 0.118 e. The van der Waals surface area contributed by atoms with Gasteiger partial charge in [-0.15, -0.1) is 0 Å². The summed E-state index contributed by atoms with van der Waals surface area (Å²) in [5.74, 6) is 0.873. The SMILES string of the molecule is COc1ccc([C@H](OC2CCNCC2)c2ccccc2)cc1. The van der Waals surface area contributed by atoms with Crippen molar-refractivity contribution in [2.75, 3.05) is 20.2 Å². The molecule has 2 aromatic rings. The molecule has 3 rings (SSSR count). The van der Waals surface area contributed by atoms with E-state index in [0.29, 0.717) is 6.10 Å². The van der Waals surface area contributed by atoms with Crippen molar-refractivity contribution in [1.82, 2.24) is 5.32 Å². The lowest BCUT2D eigenvalue weighted by Crippen LogP contribution is -2.33. The van der Waals surface area contributed by atoms with Crippen LogP contribution < -0.4 is 10.1 Å². The van der Waals surface area contributed by atoms with Crippen molar-refractivity contribution in [3.8, 4) is 5.75 Å². The molecule has 3 nitrogen and oxygen atoms in total. The zero-order valence-electron chi connectivity index (χ0n) is 13.0. The first kappa shape index (κ1) is 15.1. The lowest BCUT2D eigenvalue weighted by molar-refractivity contribution is -0.00806. The van der Waals surface area contributed by atoms with Crippen LogP contribution in [-0.4, -0.2) is 26.3 Å². The first-order valence-electron chi connectivity index (χ1n) is 7.92. The van der Waals surface area contributed by atoms with Crippen LogP contribution in [0.1, 0.15) is 30.1 Å². The van der Waals surface area contributed by atoms with E-state index < -0.39 is 0 Å². The molecular formula is C19H23NO2. The maximum absolute atomic E-state index is 6.46. The Morgan fingerprint density at radius 1 is 0.909 bits per heavy atom. The molecule has 116 valence electrons. The molecule has 1 fully saturated rings. The van der Waals surface area contributed by atoms with E-state index in [4.69, 9.17) is 9.47 Å². The summed E-state index contributed by atoms with van der Waals surface area (Å²) < 4.78 is 11.7. The van der Waals surface area contributed by atoms with Gasteiger partial charge in [-0.1, -0.05) is 42.5 Å². The smallest absolute Gasteiger partial charge is 0.118 e. The van der Waals surface area contributed by atoms with Crippen molar-refractivity contribution in [3.05, 3.63) is 65.7 Å². The molecule has 0 aliphatic carbocycles. The molecule has 22 heavy (non-hydrogen) atoms. The van der Waals surface area contributed by atoms with Gasteiger partial charge in [-0.25, -0.2) is 0 Å². The molecule has 0 radical (unpaired) electrons. The zero-order chi connectivity index (χ0) is 15.2. The second-order valence-electron chi connectivity index (χ2n) is 5.65. The highest BCUT2D eigenvalue weighted by atomic mass is 16.5. The molecule has 1 heterocycles. The van der Waals surface area contributed by atoms with Crippen LogP contribution in [0, 0.1) is 0 Å². The van der Waals surface area contributed by atoms with E-state index in [2.05, 4.69) is 41.7 Å². The highest BCUT2D eigenvalue weighted by Crippen LogP contribution is 2.30. The molecule has 1 atom stereocenters. The van der Waals surface area contributed by atoms with E-state index in [0.717, 1.165) is 31.7 Å². The second-order valence-corrected chi connectivity index (χ2v) is 5.65. The van der Waals surface area contributed by atoms with E-state index in [9.17, 15) is 0 Å². The summed E-state index contributed by atoms with van der Waals surface area (Å²) in [4.78, 5) is 0. The van der Waals surface area contributed by atoms with Gasteiger partial charge in [0.2, 0.25) is 0 Å². The predicted molar refractivity (Wildman–Crippen MR) is 88.3 cm³/mol. The van der Waals surface area contributed by atoms with E-state index in [1.54, 1.807) is 7.11 Å². The van der Waals surface area contributed by atoms with Crippen LogP contribution in [0.2, 0.25) is 0 Å². The second kappa shape index (κ2) is 7.43. The van der Waals surface area contributed by atoms with Crippen LogP contribution in [0.25, 0.3) is 0 Å². The average molecular weight is 297 g/mol. The largest absolute Gasteiger partial charge is 0.497 e. The first-order valence-corrected chi connectivity index (χ1v) is 7.92. The minimum atomic E-state index is -0.0183. The molecule has 1 aliphatic rings. The normalized spacial score (nSPS) is 17.1. The Kier molecular flexibility index (Phi) is 5.09. The van der Waals surface area contributed by atoms with Crippen molar-refractivity contribution in [2.24, 2.45) is 0 Å². The summed E-state index contributed by atoms with van der Waals surface area (Å²) in [5, 5.41) is 3.39. The number of benzene rings is 2. The van der Waals surface area contributed by atoms with E-state index >= 15 is 0 Å². The molecule has 3 heteroatoms. The molecule has 1 N–H and O–H groups in total. The van der Waals surface area contributed by atoms with Crippen molar-refractivity contribution in [2.45, 2.75) is 25.0 Å². The van der Waals surface area contributed by atoms with Gasteiger partial charge in [-0.05, 0) is 49.2 Å². The molecule has 0 spiro atoms. The fourth-order valence-corrected chi connectivity index (χ4v) is 2.88. The van der Waals surface area contributed by atoms with E-state index in [1.165, 1.54) is 11.1 Å². The van der Waals surface area contributed by atoms with Gasteiger partial charge in [-0.3, -0.25) is 0 Å². The van der Waals surface area contributed by atoms with Gasteiger partial charge in [0.05, 0.1) is 13.2 Å². The molecule has 2 aromatic carbocycles. The minimum Gasteiger partial charge on any atom is -0.497 e. The van der Waals surface area contributed by atoms with Crippen LogP contribution in [0.15, 0.2) is 54.6 Å². The molecule has 1 aliphatic heterocycles. The first-order chi connectivity index (χ1) is 10.9. The predicted octanol–water partition coefficient (Wildman–Crippen LogP) is 3.55. The van der Waals surface area contributed by atoms with Crippen molar-refractivity contribution >= 4 is 0 Å². The minimum absolute atomic E-state index is 0.0183.